The van der Waals surface area contributed by atoms with Crippen LogP contribution in [0, 0.1) is 5.92 Å². The molecule has 0 radical (unpaired) electrons. The average Bonchev–Trinajstić information content (AvgIpc) is 1.56. The van der Waals surface area contributed by atoms with Gasteiger partial charge in [0, 0.05) is 13.8 Å². The highest BCUT2D eigenvalue weighted by molar-refractivity contribution is 5.92. The smallest absolute Gasteiger partial charge is 0.223 e. The molecule has 0 saturated heterocycles. The van der Waals surface area contributed by atoms with Crippen molar-refractivity contribution in [2.75, 3.05) is 0 Å². The Labute approximate surface area is 68.2 Å². The number of carbonyl (C=O) groups excluding carboxylic acids is 2. The van der Waals surface area contributed by atoms with Gasteiger partial charge in [0.05, 0.1) is 0 Å². The van der Waals surface area contributed by atoms with Crippen molar-refractivity contribution in [2.45, 2.75) is 34.6 Å². The first-order valence-electron chi connectivity index (χ1n) is 3.64. The third-order valence-corrected chi connectivity index (χ3v) is 0.352. The largest absolute Gasteiger partial charge is 0.297 e. The summed E-state index contributed by atoms with van der Waals surface area (Å²) < 4.78 is 0. The number of nitrogens with one attached hydrogen (secondary N) is 1. The van der Waals surface area contributed by atoms with Gasteiger partial charge in [-0.05, 0) is 5.92 Å². The fourth-order valence-corrected chi connectivity index (χ4v) is 0.248. The van der Waals surface area contributed by atoms with Crippen molar-refractivity contribution in [1.82, 2.24) is 5.32 Å². The highest BCUT2D eigenvalue weighted by Gasteiger charge is 1.90. The van der Waals surface area contributed by atoms with Gasteiger partial charge in [-0.25, -0.2) is 0 Å². The number of amides is 2. The SMILES string of the molecule is CC(=O)NC(C)=O.CC(C)C. The maximum Gasteiger partial charge on any atom is 0.223 e. The summed E-state index contributed by atoms with van der Waals surface area (Å²) in [5, 5.41) is 2.03. The molecule has 1 N–H and O–H groups in total. The third-order valence-electron chi connectivity index (χ3n) is 0.352. The molecular formula is C8H17NO2. The van der Waals surface area contributed by atoms with Crippen molar-refractivity contribution in [3.8, 4) is 0 Å². The van der Waals surface area contributed by atoms with Crippen molar-refractivity contribution < 1.29 is 9.59 Å². The normalized spacial score (nSPS) is 8.18. The van der Waals surface area contributed by atoms with Crippen molar-refractivity contribution in [2.24, 2.45) is 5.92 Å². The molecule has 0 aliphatic heterocycles. The van der Waals surface area contributed by atoms with Crippen LogP contribution in [0.25, 0.3) is 0 Å². The van der Waals surface area contributed by atoms with E-state index in [1.807, 2.05) is 5.32 Å². The second-order valence-corrected chi connectivity index (χ2v) is 2.97. The highest BCUT2D eigenvalue weighted by Crippen LogP contribution is 1.81. The van der Waals surface area contributed by atoms with Gasteiger partial charge in [0.15, 0.2) is 0 Å². The standard InChI is InChI=1S/C4H7NO2.C4H10/c1-3(6)5-4(2)7;1-4(2)3/h1-2H3,(H,5,6,7);4H,1-3H3. The fourth-order valence-electron chi connectivity index (χ4n) is 0.248. The van der Waals surface area contributed by atoms with E-state index < -0.39 is 0 Å². The minimum absolute atomic E-state index is 0.312. The number of hydrogen-bond donors (Lipinski definition) is 1. The molecule has 0 unspecified atom stereocenters. The van der Waals surface area contributed by atoms with Crippen molar-refractivity contribution >= 4 is 11.8 Å². The summed E-state index contributed by atoms with van der Waals surface area (Å²) in [5.74, 6) is 0.208. The monoisotopic (exact) mass is 159 g/mol. The lowest BCUT2D eigenvalue weighted by atomic mass is 10.3. The molecule has 0 fully saturated rings. The summed E-state index contributed by atoms with van der Waals surface area (Å²) in [7, 11) is 0. The third kappa shape index (κ3) is 47.3. The number of imide groups is 1. The molecule has 0 saturated carbocycles. The topological polar surface area (TPSA) is 46.2 Å². The predicted octanol–water partition coefficient (Wildman–Crippen LogP) is 1.33. The Morgan fingerprint density at radius 1 is 1.00 bits per heavy atom. The lowest BCUT2D eigenvalue weighted by molar-refractivity contribution is -0.127. The Morgan fingerprint density at radius 2 is 1.18 bits per heavy atom. The summed E-state index contributed by atoms with van der Waals surface area (Å²) in [6.45, 7) is 9.09. The number of hydrogen-bond acceptors (Lipinski definition) is 2. The molecule has 0 aromatic rings. The first kappa shape index (κ1) is 12.8. The summed E-state index contributed by atoms with van der Waals surface area (Å²) in [6.07, 6.45) is 0. The summed E-state index contributed by atoms with van der Waals surface area (Å²) >= 11 is 0. The van der Waals surface area contributed by atoms with E-state index in [1.165, 1.54) is 13.8 Å². The van der Waals surface area contributed by atoms with Crippen molar-refractivity contribution in [1.29, 1.82) is 0 Å². The Kier molecular flexibility index (Phi) is 8.43. The molecular weight excluding hydrogens is 142 g/mol. The van der Waals surface area contributed by atoms with E-state index in [-0.39, 0.29) is 11.8 Å². The molecule has 0 aromatic heterocycles. The Morgan fingerprint density at radius 3 is 1.18 bits per heavy atom. The van der Waals surface area contributed by atoms with E-state index in [4.69, 9.17) is 0 Å². The van der Waals surface area contributed by atoms with E-state index in [0.717, 1.165) is 5.92 Å². The summed E-state index contributed by atoms with van der Waals surface area (Å²) in [6, 6.07) is 0. The quantitative estimate of drug-likeness (QED) is 0.579. The first-order chi connectivity index (χ1) is 4.86. The molecule has 0 bridgehead atoms. The zero-order valence-electron chi connectivity index (χ0n) is 7.89. The van der Waals surface area contributed by atoms with Crippen LogP contribution in [-0.4, -0.2) is 11.8 Å². The zero-order valence-corrected chi connectivity index (χ0v) is 7.89. The van der Waals surface area contributed by atoms with Crippen LogP contribution in [0.2, 0.25) is 0 Å². The molecule has 0 aliphatic rings. The molecule has 0 heterocycles. The lowest BCUT2D eigenvalue weighted by Gasteiger charge is -1.88. The van der Waals surface area contributed by atoms with Crippen LogP contribution >= 0.6 is 0 Å². The van der Waals surface area contributed by atoms with Gasteiger partial charge in [0.25, 0.3) is 0 Å². The van der Waals surface area contributed by atoms with Gasteiger partial charge in [-0.15, -0.1) is 0 Å². The van der Waals surface area contributed by atoms with Crippen LogP contribution in [0.1, 0.15) is 34.6 Å². The van der Waals surface area contributed by atoms with Crippen molar-refractivity contribution in [3.05, 3.63) is 0 Å². The highest BCUT2D eigenvalue weighted by atomic mass is 16.2. The van der Waals surface area contributed by atoms with Crippen LogP contribution in [0.3, 0.4) is 0 Å². The molecule has 66 valence electrons. The van der Waals surface area contributed by atoms with Crippen LogP contribution in [0.15, 0.2) is 0 Å². The fraction of sp³-hybridized carbons (Fsp3) is 0.750. The lowest BCUT2D eigenvalue weighted by Crippen LogP contribution is -2.24. The van der Waals surface area contributed by atoms with E-state index >= 15 is 0 Å². The van der Waals surface area contributed by atoms with Gasteiger partial charge in [-0.3, -0.25) is 14.9 Å². The second-order valence-electron chi connectivity index (χ2n) is 2.97. The van der Waals surface area contributed by atoms with Gasteiger partial charge in [-0.1, -0.05) is 20.8 Å². The van der Waals surface area contributed by atoms with E-state index in [1.54, 1.807) is 0 Å². The Bertz CT molecular complexity index is 115. The molecule has 11 heavy (non-hydrogen) atoms. The molecule has 0 aromatic carbocycles. The van der Waals surface area contributed by atoms with Gasteiger partial charge in [0.1, 0.15) is 0 Å². The van der Waals surface area contributed by atoms with E-state index in [2.05, 4.69) is 20.8 Å². The van der Waals surface area contributed by atoms with Crippen LogP contribution in [0.5, 0.6) is 0 Å². The minimum atomic E-state index is -0.312. The molecule has 3 heteroatoms. The van der Waals surface area contributed by atoms with Gasteiger partial charge >= 0.3 is 0 Å². The summed E-state index contributed by atoms with van der Waals surface area (Å²) in [4.78, 5) is 19.8. The number of rotatable bonds is 0. The molecule has 0 aliphatic carbocycles. The maximum atomic E-state index is 9.92. The molecule has 0 rings (SSSR count). The van der Waals surface area contributed by atoms with Gasteiger partial charge < -0.3 is 0 Å². The summed E-state index contributed by atoms with van der Waals surface area (Å²) in [5.41, 5.74) is 0. The van der Waals surface area contributed by atoms with Gasteiger partial charge in [0.2, 0.25) is 11.8 Å². The van der Waals surface area contributed by atoms with Crippen LogP contribution in [0.4, 0.5) is 0 Å². The zero-order chi connectivity index (χ0) is 9.44. The minimum Gasteiger partial charge on any atom is -0.297 e. The first-order valence-corrected chi connectivity index (χ1v) is 3.64. The van der Waals surface area contributed by atoms with Crippen LogP contribution in [-0.2, 0) is 9.59 Å². The van der Waals surface area contributed by atoms with E-state index in [0.29, 0.717) is 0 Å². The predicted molar refractivity (Wildman–Crippen MR) is 45.0 cm³/mol. The molecule has 0 spiro atoms. The van der Waals surface area contributed by atoms with Crippen molar-refractivity contribution in [3.63, 3.8) is 0 Å². The van der Waals surface area contributed by atoms with Crippen LogP contribution < -0.4 is 5.32 Å². The maximum absolute atomic E-state index is 9.92. The Balaban J connectivity index is 0. The van der Waals surface area contributed by atoms with E-state index in [9.17, 15) is 9.59 Å². The van der Waals surface area contributed by atoms with Gasteiger partial charge in [-0.2, -0.15) is 0 Å². The molecule has 2 amide bonds. The Hall–Kier alpha value is -0.860. The second kappa shape index (κ2) is 7.25. The molecule has 0 atom stereocenters. The molecule has 3 nitrogen and oxygen atoms in total. The average molecular weight is 159 g/mol. The number of carbonyl (C=O) groups is 2.